The number of imidazole rings is 1. The van der Waals surface area contributed by atoms with Crippen molar-refractivity contribution < 1.29 is 4.79 Å². The van der Waals surface area contributed by atoms with Gasteiger partial charge in [0, 0.05) is 36.7 Å². The van der Waals surface area contributed by atoms with Crippen LogP contribution in [0.5, 0.6) is 0 Å². The van der Waals surface area contributed by atoms with Crippen LogP contribution >= 0.6 is 11.3 Å². The third-order valence-corrected chi connectivity index (χ3v) is 4.63. The summed E-state index contributed by atoms with van der Waals surface area (Å²) in [5.41, 5.74) is 3.25. The molecule has 134 valence electrons. The maximum Gasteiger partial charge on any atom is 0.274 e. The highest BCUT2D eigenvalue weighted by molar-refractivity contribution is 7.14. The highest BCUT2D eigenvalue weighted by Crippen LogP contribution is 2.18. The molecule has 2 N–H and O–H groups in total. The fourth-order valence-corrected chi connectivity index (χ4v) is 3.23. The second-order valence-corrected chi connectivity index (χ2v) is 6.59. The standard InChI is InChI=1S/C19H16N6OS/c26-18(17-2-1-9-25(17)11-14-5-7-20-8-6-14)24-19-23-16(12-27-19)4-3-15-10-21-13-22-15/h1-10,12-13H,11H2,(H,21,22)(H,23,24,26). The van der Waals surface area contributed by atoms with Crippen LogP contribution in [0.4, 0.5) is 5.13 Å². The zero-order valence-corrected chi connectivity index (χ0v) is 15.1. The average Bonchev–Trinajstić information content (AvgIpc) is 3.43. The normalized spacial score (nSPS) is 11.1. The first-order chi connectivity index (χ1) is 13.3. The third kappa shape index (κ3) is 4.18. The first-order valence-corrected chi connectivity index (χ1v) is 9.14. The van der Waals surface area contributed by atoms with Gasteiger partial charge in [-0.2, -0.15) is 0 Å². The minimum absolute atomic E-state index is 0.189. The van der Waals surface area contributed by atoms with Gasteiger partial charge in [0.2, 0.25) is 0 Å². The van der Waals surface area contributed by atoms with Crippen LogP contribution in [0.1, 0.15) is 27.4 Å². The summed E-state index contributed by atoms with van der Waals surface area (Å²) in [5, 5.41) is 5.30. The number of amides is 1. The van der Waals surface area contributed by atoms with Crippen LogP contribution in [0.15, 0.2) is 60.8 Å². The van der Waals surface area contributed by atoms with Crippen molar-refractivity contribution >= 4 is 34.5 Å². The number of aromatic nitrogens is 5. The Hall–Kier alpha value is -3.52. The lowest BCUT2D eigenvalue weighted by Gasteiger charge is -2.08. The molecule has 0 fully saturated rings. The van der Waals surface area contributed by atoms with Crippen LogP contribution in [0.2, 0.25) is 0 Å². The van der Waals surface area contributed by atoms with Crippen molar-refractivity contribution in [3.8, 4) is 0 Å². The number of thiazole rings is 1. The minimum atomic E-state index is -0.189. The number of nitrogens with one attached hydrogen (secondary N) is 2. The Labute approximate surface area is 159 Å². The number of aromatic amines is 1. The summed E-state index contributed by atoms with van der Waals surface area (Å²) >= 11 is 1.38. The molecule has 0 aliphatic rings. The number of anilines is 1. The Kier molecular flexibility index (Phi) is 4.88. The molecule has 0 radical (unpaired) electrons. The Morgan fingerprint density at radius 1 is 1.22 bits per heavy atom. The fraction of sp³-hybridized carbons (Fsp3) is 0.0526. The number of nitrogens with zero attached hydrogens (tertiary/aromatic N) is 4. The van der Waals surface area contributed by atoms with Gasteiger partial charge in [-0.25, -0.2) is 9.97 Å². The van der Waals surface area contributed by atoms with E-state index < -0.39 is 0 Å². The second-order valence-electron chi connectivity index (χ2n) is 5.74. The molecule has 0 atom stereocenters. The first-order valence-electron chi connectivity index (χ1n) is 8.26. The zero-order chi connectivity index (χ0) is 18.5. The van der Waals surface area contributed by atoms with Crippen molar-refractivity contribution in [2.75, 3.05) is 5.32 Å². The lowest BCUT2D eigenvalue weighted by atomic mass is 10.2. The Balaban J connectivity index is 1.43. The molecule has 27 heavy (non-hydrogen) atoms. The number of carbonyl (C=O) groups excluding carboxylic acids is 1. The highest BCUT2D eigenvalue weighted by Gasteiger charge is 2.13. The molecule has 0 aliphatic carbocycles. The molecule has 7 nitrogen and oxygen atoms in total. The lowest BCUT2D eigenvalue weighted by molar-refractivity contribution is 0.101. The molecule has 0 saturated carbocycles. The smallest absolute Gasteiger partial charge is 0.274 e. The molecule has 0 aliphatic heterocycles. The summed E-state index contributed by atoms with van der Waals surface area (Å²) in [6.07, 6.45) is 12.5. The van der Waals surface area contributed by atoms with Crippen LogP contribution in [-0.2, 0) is 6.54 Å². The molecular formula is C19H16N6OS. The van der Waals surface area contributed by atoms with Gasteiger partial charge in [-0.05, 0) is 42.0 Å². The predicted molar refractivity (Wildman–Crippen MR) is 105 cm³/mol. The van der Waals surface area contributed by atoms with E-state index in [-0.39, 0.29) is 5.91 Å². The summed E-state index contributed by atoms with van der Waals surface area (Å²) in [5.74, 6) is -0.189. The van der Waals surface area contributed by atoms with Crippen LogP contribution in [0, 0.1) is 0 Å². The van der Waals surface area contributed by atoms with Crippen LogP contribution < -0.4 is 5.32 Å². The molecule has 0 bridgehead atoms. The van der Waals surface area contributed by atoms with Gasteiger partial charge in [0.15, 0.2) is 5.13 Å². The third-order valence-electron chi connectivity index (χ3n) is 3.85. The van der Waals surface area contributed by atoms with Gasteiger partial charge in [-0.1, -0.05) is 0 Å². The summed E-state index contributed by atoms with van der Waals surface area (Å²) in [7, 11) is 0. The average molecular weight is 376 g/mol. The maximum absolute atomic E-state index is 12.6. The van der Waals surface area contributed by atoms with E-state index in [0.29, 0.717) is 17.4 Å². The maximum atomic E-state index is 12.6. The molecule has 4 rings (SSSR count). The van der Waals surface area contributed by atoms with Crippen LogP contribution in [0.25, 0.3) is 12.2 Å². The number of hydrogen-bond acceptors (Lipinski definition) is 5. The lowest BCUT2D eigenvalue weighted by Crippen LogP contribution is -2.17. The van der Waals surface area contributed by atoms with Gasteiger partial charge < -0.3 is 9.55 Å². The molecular weight excluding hydrogens is 360 g/mol. The van der Waals surface area contributed by atoms with E-state index in [1.165, 1.54) is 11.3 Å². The SMILES string of the molecule is O=C(Nc1nc(C=Cc2c[nH]cn2)cs1)c1cccn1Cc1ccncc1. The van der Waals surface area contributed by atoms with Gasteiger partial charge in [-0.15, -0.1) is 11.3 Å². The van der Waals surface area contributed by atoms with Crippen molar-refractivity contribution in [1.82, 2.24) is 24.5 Å². The van der Waals surface area contributed by atoms with E-state index in [4.69, 9.17) is 0 Å². The van der Waals surface area contributed by atoms with Gasteiger partial charge >= 0.3 is 0 Å². The van der Waals surface area contributed by atoms with Crippen molar-refractivity contribution in [2.24, 2.45) is 0 Å². The molecule has 0 unspecified atom stereocenters. The van der Waals surface area contributed by atoms with Crippen molar-refractivity contribution in [3.63, 3.8) is 0 Å². The van der Waals surface area contributed by atoms with E-state index in [0.717, 1.165) is 17.0 Å². The molecule has 4 heterocycles. The summed E-state index contributed by atoms with van der Waals surface area (Å²) in [6, 6.07) is 7.51. The minimum Gasteiger partial charge on any atom is -0.351 e. The molecule has 4 aromatic heterocycles. The number of hydrogen-bond donors (Lipinski definition) is 2. The quantitative estimate of drug-likeness (QED) is 0.539. The number of rotatable bonds is 6. The molecule has 0 saturated heterocycles. The van der Waals surface area contributed by atoms with Crippen molar-refractivity contribution in [3.05, 3.63) is 83.4 Å². The number of H-pyrrole nitrogens is 1. The summed E-state index contributed by atoms with van der Waals surface area (Å²) < 4.78 is 1.90. The number of pyridine rings is 1. The van der Waals surface area contributed by atoms with Gasteiger partial charge in [-0.3, -0.25) is 15.1 Å². The Bertz CT molecular complexity index is 1050. The highest BCUT2D eigenvalue weighted by atomic mass is 32.1. The summed E-state index contributed by atoms with van der Waals surface area (Å²) in [4.78, 5) is 28.1. The molecule has 0 spiro atoms. The molecule has 4 aromatic rings. The Morgan fingerprint density at radius 2 is 2.07 bits per heavy atom. The predicted octanol–water partition coefficient (Wildman–Crippen LogP) is 3.53. The largest absolute Gasteiger partial charge is 0.351 e. The van der Waals surface area contributed by atoms with Crippen LogP contribution in [-0.4, -0.2) is 30.4 Å². The van der Waals surface area contributed by atoms with Gasteiger partial charge in [0.1, 0.15) is 5.69 Å². The topological polar surface area (TPSA) is 88.5 Å². The van der Waals surface area contributed by atoms with E-state index in [1.54, 1.807) is 31.0 Å². The van der Waals surface area contributed by atoms with E-state index in [1.807, 2.05) is 46.5 Å². The van der Waals surface area contributed by atoms with Crippen molar-refractivity contribution in [2.45, 2.75) is 6.54 Å². The van der Waals surface area contributed by atoms with Gasteiger partial charge in [0.25, 0.3) is 5.91 Å². The summed E-state index contributed by atoms with van der Waals surface area (Å²) in [6.45, 7) is 0.605. The molecule has 1 amide bonds. The fourth-order valence-electron chi connectivity index (χ4n) is 2.56. The zero-order valence-electron chi connectivity index (χ0n) is 14.2. The van der Waals surface area contributed by atoms with E-state index in [2.05, 4.69) is 25.3 Å². The van der Waals surface area contributed by atoms with E-state index in [9.17, 15) is 4.79 Å². The number of carbonyl (C=O) groups is 1. The van der Waals surface area contributed by atoms with Crippen LogP contribution in [0.3, 0.4) is 0 Å². The molecule has 8 heteroatoms. The van der Waals surface area contributed by atoms with Gasteiger partial charge in [0.05, 0.1) is 17.7 Å². The first kappa shape index (κ1) is 16.9. The second kappa shape index (κ2) is 7.79. The van der Waals surface area contributed by atoms with Crippen molar-refractivity contribution in [1.29, 1.82) is 0 Å². The molecule has 0 aromatic carbocycles. The van der Waals surface area contributed by atoms with E-state index >= 15 is 0 Å². The monoisotopic (exact) mass is 376 g/mol. The Morgan fingerprint density at radius 3 is 2.89 bits per heavy atom.